The highest BCUT2D eigenvalue weighted by Crippen LogP contribution is 2.31. The zero-order valence-electron chi connectivity index (χ0n) is 11.3. The van der Waals surface area contributed by atoms with E-state index < -0.39 is 22.0 Å². The van der Waals surface area contributed by atoms with Gasteiger partial charge in [0.1, 0.15) is 10.9 Å². The molecular formula is C12H12ClN3O5S. The maximum atomic E-state index is 12.8. The normalized spacial score (nSPS) is 20.3. The van der Waals surface area contributed by atoms with Crippen molar-refractivity contribution in [3.05, 3.63) is 17.2 Å². The summed E-state index contributed by atoms with van der Waals surface area (Å²) in [5.41, 5.74) is 0.133. The van der Waals surface area contributed by atoms with Crippen molar-refractivity contribution in [1.29, 1.82) is 0 Å². The fourth-order valence-corrected chi connectivity index (χ4v) is 4.55. The fourth-order valence-electron chi connectivity index (χ4n) is 2.59. The molecule has 0 amide bonds. The van der Waals surface area contributed by atoms with Crippen LogP contribution in [0, 0.1) is 0 Å². The van der Waals surface area contributed by atoms with E-state index in [1.54, 1.807) is 0 Å². The van der Waals surface area contributed by atoms with Crippen molar-refractivity contribution in [3.63, 3.8) is 0 Å². The number of halogens is 1. The molecule has 2 aromatic rings. The van der Waals surface area contributed by atoms with Crippen molar-refractivity contribution in [1.82, 2.24) is 14.6 Å². The number of piperidine rings is 1. The molecule has 1 aliphatic rings. The summed E-state index contributed by atoms with van der Waals surface area (Å²) in [5, 5.41) is 16.6. The van der Waals surface area contributed by atoms with Crippen molar-refractivity contribution in [2.75, 3.05) is 6.54 Å². The van der Waals surface area contributed by atoms with Gasteiger partial charge >= 0.3 is 5.97 Å². The Labute approximate surface area is 130 Å². The molecule has 1 saturated heterocycles. The van der Waals surface area contributed by atoms with Crippen LogP contribution in [0.5, 0.6) is 0 Å². The molecule has 0 aliphatic carbocycles. The number of hydrogen-bond donors (Lipinski definition) is 1. The van der Waals surface area contributed by atoms with E-state index in [1.165, 1.54) is 12.1 Å². The Hall–Kier alpha value is -1.71. The topological polar surface area (TPSA) is 114 Å². The number of carbonyl (C=O) groups is 1. The van der Waals surface area contributed by atoms with Gasteiger partial charge in [0.25, 0.3) is 0 Å². The summed E-state index contributed by atoms with van der Waals surface area (Å²) < 4.78 is 31.2. The molecule has 0 spiro atoms. The number of nitrogens with zero attached hydrogens (tertiary/aromatic N) is 3. The summed E-state index contributed by atoms with van der Waals surface area (Å²) in [5.74, 6) is -1.16. The third-order valence-electron chi connectivity index (χ3n) is 3.65. The number of aromatic nitrogens is 2. The highest BCUT2D eigenvalue weighted by Gasteiger charge is 2.39. The monoisotopic (exact) mass is 345 g/mol. The van der Waals surface area contributed by atoms with Gasteiger partial charge in [0.05, 0.1) is 5.02 Å². The molecule has 0 radical (unpaired) electrons. The Bertz CT molecular complexity index is 834. The first-order chi connectivity index (χ1) is 10.4. The molecule has 1 aromatic carbocycles. The van der Waals surface area contributed by atoms with Gasteiger partial charge in [-0.05, 0) is 41.7 Å². The van der Waals surface area contributed by atoms with Crippen LogP contribution in [0.3, 0.4) is 0 Å². The van der Waals surface area contributed by atoms with E-state index in [-0.39, 0.29) is 33.9 Å². The molecular weight excluding hydrogens is 334 g/mol. The first-order valence-corrected chi connectivity index (χ1v) is 8.40. The second-order valence-electron chi connectivity index (χ2n) is 4.97. The first-order valence-electron chi connectivity index (χ1n) is 6.58. The molecule has 22 heavy (non-hydrogen) atoms. The van der Waals surface area contributed by atoms with Crippen LogP contribution in [-0.2, 0) is 14.8 Å². The van der Waals surface area contributed by atoms with Gasteiger partial charge in [-0.15, -0.1) is 0 Å². The van der Waals surface area contributed by atoms with E-state index in [0.29, 0.717) is 12.8 Å². The zero-order chi connectivity index (χ0) is 15.9. The minimum atomic E-state index is -4.04. The summed E-state index contributed by atoms with van der Waals surface area (Å²) in [6, 6.07) is 1.59. The van der Waals surface area contributed by atoms with E-state index in [2.05, 4.69) is 14.9 Å². The minimum Gasteiger partial charge on any atom is -0.480 e. The third-order valence-corrected chi connectivity index (χ3v) is 5.90. The van der Waals surface area contributed by atoms with Crippen LogP contribution in [0.2, 0.25) is 5.02 Å². The molecule has 2 heterocycles. The molecule has 0 bridgehead atoms. The van der Waals surface area contributed by atoms with Gasteiger partial charge in [-0.3, -0.25) is 4.79 Å². The van der Waals surface area contributed by atoms with Crippen LogP contribution >= 0.6 is 11.6 Å². The molecule has 1 aliphatic heterocycles. The van der Waals surface area contributed by atoms with Crippen molar-refractivity contribution in [2.45, 2.75) is 30.2 Å². The maximum Gasteiger partial charge on any atom is 0.322 e. The molecule has 3 rings (SSSR count). The predicted molar refractivity (Wildman–Crippen MR) is 76.0 cm³/mol. The summed E-state index contributed by atoms with van der Waals surface area (Å²) in [6.45, 7) is 0.148. The summed E-state index contributed by atoms with van der Waals surface area (Å²) in [4.78, 5) is 11.2. The standard InChI is InChI=1S/C12H12ClN3O5S/c13-7-4-5-9(11-10(7)14-21-15-11)22(19,20)16-6-2-1-3-8(16)12(17)18/h4-5,8H,1-3,6H2,(H,17,18). The first kappa shape index (κ1) is 15.2. The number of hydrogen-bond acceptors (Lipinski definition) is 6. The van der Waals surface area contributed by atoms with Crippen LogP contribution in [-0.4, -0.2) is 46.7 Å². The van der Waals surface area contributed by atoms with Gasteiger partial charge in [0.15, 0.2) is 11.0 Å². The third kappa shape index (κ3) is 2.34. The van der Waals surface area contributed by atoms with Gasteiger partial charge in [-0.2, -0.15) is 4.31 Å². The van der Waals surface area contributed by atoms with E-state index in [0.717, 1.165) is 4.31 Å². The second kappa shape index (κ2) is 5.49. The molecule has 1 atom stereocenters. The Kier molecular flexibility index (Phi) is 3.79. The SMILES string of the molecule is O=C(O)C1CCCCN1S(=O)(=O)c1ccc(Cl)c2nonc12. The van der Waals surface area contributed by atoms with E-state index >= 15 is 0 Å². The number of carboxylic acid groups (broad SMARTS) is 1. The largest absolute Gasteiger partial charge is 0.480 e. The number of carboxylic acids is 1. The average molecular weight is 346 g/mol. The Morgan fingerprint density at radius 2 is 2.05 bits per heavy atom. The Morgan fingerprint density at radius 3 is 2.77 bits per heavy atom. The Balaban J connectivity index is 2.13. The van der Waals surface area contributed by atoms with Gasteiger partial charge < -0.3 is 5.11 Å². The molecule has 118 valence electrons. The maximum absolute atomic E-state index is 12.8. The molecule has 1 N–H and O–H groups in total. The van der Waals surface area contributed by atoms with Crippen LogP contribution in [0.15, 0.2) is 21.7 Å². The fraction of sp³-hybridized carbons (Fsp3) is 0.417. The minimum absolute atomic E-state index is 0.00205. The Morgan fingerprint density at radius 1 is 1.32 bits per heavy atom. The number of fused-ring (bicyclic) bond motifs is 1. The molecule has 10 heteroatoms. The average Bonchev–Trinajstić information content (AvgIpc) is 2.97. The van der Waals surface area contributed by atoms with Crippen LogP contribution in [0.1, 0.15) is 19.3 Å². The molecule has 1 unspecified atom stereocenters. The molecule has 0 saturated carbocycles. The van der Waals surface area contributed by atoms with Gasteiger partial charge in [-0.1, -0.05) is 11.6 Å². The summed E-state index contributed by atoms with van der Waals surface area (Å²) in [6.07, 6.45) is 1.56. The quantitative estimate of drug-likeness (QED) is 0.896. The van der Waals surface area contributed by atoms with Crippen LogP contribution < -0.4 is 0 Å². The summed E-state index contributed by atoms with van der Waals surface area (Å²) in [7, 11) is -4.04. The highest BCUT2D eigenvalue weighted by atomic mass is 35.5. The molecule has 1 aromatic heterocycles. The lowest BCUT2D eigenvalue weighted by atomic mass is 10.1. The second-order valence-corrected chi connectivity index (χ2v) is 7.24. The highest BCUT2D eigenvalue weighted by molar-refractivity contribution is 7.89. The van der Waals surface area contributed by atoms with Crippen molar-refractivity contribution >= 4 is 38.6 Å². The number of sulfonamides is 1. The number of benzene rings is 1. The van der Waals surface area contributed by atoms with Crippen LogP contribution in [0.25, 0.3) is 11.0 Å². The van der Waals surface area contributed by atoms with Gasteiger partial charge in [0.2, 0.25) is 10.0 Å². The number of aliphatic carboxylic acids is 1. The van der Waals surface area contributed by atoms with Crippen LogP contribution in [0.4, 0.5) is 0 Å². The van der Waals surface area contributed by atoms with Gasteiger partial charge in [-0.25, -0.2) is 13.0 Å². The van der Waals surface area contributed by atoms with Gasteiger partial charge in [0, 0.05) is 6.54 Å². The predicted octanol–water partition coefficient (Wildman–Crippen LogP) is 1.50. The number of rotatable bonds is 3. The van der Waals surface area contributed by atoms with E-state index in [9.17, 15) is 18.3 Å². The van der Waals surface area contributed by atoms with E-state index in [1.807, 2.05) is 0 Å². The van der Waals surface area contributed by atoms with Crippen molar-refractivity contribution in [3.8, 4) is 0 Å². The molecule has 1 fully saturated rings. The smallest absolute Gasteiger partial charge is 0.322 e. The van der Waals surface area contributed by atoms with Crippen molar-refractivity contribution < 1.29 is 22.9 Å². The van der Waals surface area contributed by atoms with E-state index in [4.69, 9.17) is 11.6 Å². The van der Waals surface area contributed by atoms with Crippen molar-refractivity contribution in [2.24, 2.45) is 0 Å². The molecule has 8 nitrogen and oxygen atoms in total. The zero-order valence-corrected chi connectivity index (χ0v) is 12.8. The lowest BCUT2D eigenvalue weighted by Crippen LogP contribution is -2.47. The lowest BCUT2D eigenvalue weighted by molar-refractivity contribution is -0.142. The summed E-state index contributed by atoms with van der Waals surface area (Å²) >= 11 is 5.92. The lowest BCUT2D eigenvalue weighted by Gasteiger charge is -2.31.